The van der Waals surface area contributed by atoms with Crippen molar-refractivity contribution in [2.24, 2.45) is 0 Å². The van der Waals surface area contributed by atoms with Crippen LogP contribution in [0.3, 0.4) is 0 Å². The minimum absolute atomic E-state index is 0. The molecule has 2 aromatic rings. The van der Waals surface area contributed by atoms with Crippen molar-refractivity contribution < 1.29 is 9.53 Å². The van der Waals surface area contributed by atoms with Gasteiger partial charge in [0.15, 0.2) is 11.7 Å². The maximum absolute atomic E-state index is 12.4. The fourth-order valence-electron chi connectivity index (χ4n) is 2.03. The van der Waals surface area contributed by atoms with Crippen molar-refractivity contribution in [2.45, 2.75) is 12.8 Å². The van der Waals surface area contributed by atoms with Crippen LogP contribution >= 0.6 is 12.4 Å². The quantitative estimate of drug-likeness (QED) is 0.526. The van der Waals surface area contributed by atoms with Gasteiger partial charge in [-0.2, -0.15) is 0 Å². The Morgan fingerprint density at radius 2 is 1.67 bits per heavy atom. The van der Waals surface area contributed by atoms with E-state index in [4.69, 9.17) is 10.1 Å². The SMILES string of the molecule is COC(=N)C(C)c1cccc(C(=O)c2ccccc2)c1.Cl. The Balaban J connectivity index is 0.00000220. The molecule has 0 amide bonds. The van der Waals surface area contributed by atoms with Gasteiger partial charge in [-0.3, -0.25) is 10.2 Å². The summed E-state index contributed by atoms with van der Waals surface area (Å²) >= 11 is 0. The van der Waals surface area contributed by atoms with Crippen LogP contribution in [-0.2, 0) is 4.74 Å². The summed E-state index contributed by atoms with van der Waals surface area (Å²) in [5, 5.41) is 7.72. The van der Waals surface area contributed by atoms with Gasteiger partial charge in [0.1, 0.15) is 0 Å². The summed E-state index contributed by atoms with van der Waals surface area (Å²) in [6.45, 7) is 1.89. The molecule has 3 nitrogen and oxygen atoms in total. The molecule has 0 saturated carbocycles. The Kier molecular flexibility index (Phi) is 6.12. The second-order valence-electron chi connectivity index (χ2n) is 4.61. The summed E-state index contributed by atoms with van der Waals surface area (Å²) in [5.41, 5.74) is 2.20. The summed E-state index contributed by atoms with van der Waals surface area (Å²) in [6.07, 6.45) is 0. The lowest BCUT2D eigenvalue weighted by molar-refractivity contribution is 0.103. The third kappa shape index (κ3) is 3.92. The highest BCUT2D eigenvalue weighted by Gasteiger charge is 2.15. The lowest BCUT2D eigenvalue weighted by Gasteiger charge is -2.13. The number of carbonyl (C=O) groups is 1. The number of methoxy groups -OCH3 is 1. The number of rotatable bonds is 4. The van der Waals surface area contributed by atoms with Crippen molar-refractivity contribution in [1.29, 1.82) is 5.41 Å². The molecule has 1 unspecified atom stereocenters. The number of carbonyl (C=O) groups excluding carboxylic acids is 1. The van der Waals surface area contributed by atoms with Gasteiger partial charge in [-0.05, 0) is 18.6 Å². The molecule has 0 aromatic heterocycles. The molecule has 1 N–H and O–H groups in total. The van der Waals surface area contributed by atoms with Crippen LogP contribution in [0.15, 0.2) is 54.6 Å². The molecule has 0 aliphatic heterocycles. The number of benzene rings is 2. The minimum atomic E-state index is -0.163. The Hall–Kier alpha value is -2.13. The van der Waals surface area contributed by atoms with Gasteiger partial charge in [0.25, 0.3) is 0 Å². The molecule has 2 aromatic carbocycles. The Morgan fingerprint density at radius 3 is 2.29 bits per heavy atom. The fourth-order valence-corrected chi connectivity index (χ4v) is 2.03. The highest BCUT2D eigenvalue weighted by molar-refractivity contribution is 6.09. The van der Waals surface area contributed by atoms with E-state index < -0.39 is 0 Å². The van der Waals surface area contributed by atoms with Gasteiger partial charge >= 0.3 is 0 Å². The van der Waals surface area contributed by atoms with Crippen LogP contribution in [0.1, 0.15) is 34.3 Å². The van der Waals surface area contributed by atoms with Crippen LogP contribution in [0, 0.1) is 5.41 Å². The van der Waals surface area contributed by atoms with E-state index in [0.717, 1.165) is 5.56 Å². The van der Waals surface area contributed by atoms with Crippen LogP contribution in [0.2, 0.25) is 0 Å². The Morgan fingerprint density at radius 1 is 1.05 bits per heavy atom. The lowest BCUT2D eigenvalue weighted by atomic mass is 9.95. The molecule has 0 aliphatic rings. The van der Waals surface area contributed by atoms with Crippen LogP contribution < -0.4 is 0 Å². The van der Waals surface area contributed by atoms with Gasteiger partial charge in [0.05, 0.1) is 13.0 Å². The molecule has 0 aliphatic carbocycles. The van der Waals surface area contributed by atoms with E-state index in [0.29, 0.717) is 11.1 Å². The number of hydrogen-bond acceptors (Lipinski definition) is 3. The molecule has 0 saturated heterocycles. The van der Waals surface area contributed by atoms with Gasteiger partial charge in [0, 0.05) is 11.1 Å². The van der Waals surface area contributed by atoms with Crippen molar-refractivity contribution in [1.82, 2.24) is 0 Å². The molecule has 0 fully saturated rings. The first-order valence-electron chi connectivity index (χ1n) is 6.45. The van der Waals surface area contributed by atoms with E-state index >= 15 is 0 Å². The number of ether oxygens (including phenoxy) is 1. The van der Waals surface area contributed by atoms with E-state index in [-0.39, 0.29) is 30.0 Å². The zero-order valence-electron chi connectivity index (χ0n) is 12.0. The van der Waals surface area contributed by atoms with Crippen molar-refractivity contribution in [3.63, 3.8) is 0 Å². The lowest BCUT2D eigenvalue weighted by Crippen LogP contribution is -2.11. The average Bonchev–Trinajstić information content (AvgIpc) is 2.53. The third-order valence-electron chi connectivity index (χ3n) is 3.30. The van der Waals surface area contributed by atoms with Crippen molar-refractivity contribution in [2.75, 3.05) is 7.11 Å². The summed E-state index contributed by atoms with van der Waals surface area (Å²) in [7, 11) is 1.48. The molecule has 0 radical (unpaired) electrons. The fraction of sp³-hybridized carbons (Fsp3) is 0.176. The highest BCUT2D eigenvalue weighted by Crippen LogP contribution is 2.19. The van der Waals surface area contributed by atoms with Crippen LogP contribution in [0.25, 0.3) is 0 Å². The number of ketones is 1. The van der Waals surface area contributed by atoms with Gasteiger partial charge in [0.2, 0.25) is 0 Å². The van der Waals surface area contributed by atoms with Crippen molar-refractivity contribution in [3.05, 3.63) is 71.3 Å². The molecule has 21 heavy (non-hydrogen) atoms. The normalized spacial score (nSPS) is 11.1. The van der Waals surface area contributed by atoms with Crippen LogP contribution in [0.5, 0.6) is 0 Å². The first-order valence-corrected chi connectivity index (χ1v) is 6.45. The summed E-state index contributed by atoms with van der Waals surface area (Å²) in [5.74, 6) is 0.0152. The molecular formula is C17H18ClNO2. The predicted octanol–water partition coefficient (Wildman–Crippen LogP) is 4.07. The van der Waals surface area contributed by atoms with E-state index in [9.17, 15) is 4.79 Å². The van der Waals surface area contributed by atoms with E-state index in [2.05, 4.69) is 0 Å². The first-order chi connectivity index (χ1) is 9.63. The monoisotopic (exact) mass is 303 g/mol. The molecule has 0 heterocycles. The number of hydrogen-bond donors (Lipinski definition) is 1. The predicted molar refractivity (Wildman–Crippen MR) is 86.7 cm³/mol. The second kappa shape index (κ2) is 7.60. The maximum atomic E-state index is 12.4. The van der Waals surface area contributed by atoms with Gasteiger partial charge < -0.3 is 4.74 Å². The molecule has 4 heteroatoms. The zero-order valence-corrected chi connectivity index (χ0v) is 12.8. The average molecular weight is 304 g/mol. The van der Waals surface area contributed by atoms with Crippen LogP contribution in [0.4, 0.5) is 0 Å². The van der Waals surface area contributed by atoms with Gasteiger partial charge in [-0.1, -0.05) is 48.5 Å². The molecule has 2 rings (SSSR count). The number of nitrogens with one attached hydrogen (secondary N) is 1. The molecule has 0 spiro atoms. The Bertz CT molecular complexity index is 626. The maximum Gasteiger partial charge on any atom is 0.193 e. The number of halogens is 1. The summed E-state index contributed by atoms with van der Waals surface area (Å²) in [6, 6.07) is 16.5. The molecule has 110 valence electrons. The largest absolute Gasteiger partial charge is 0.484 e. The van der Waals surface area contributed by atoms with E-state index in [1.165, 1.54) is 7.11 Å². The van der Waals surface area contributed by atoms with Crippen molar-refractivity contribution >= 4 is 24.1 Å². The van der Waals surface area contributed by atoms with Crippen LogP contribution in [-0.4, -0.2) is 18.8 Å². The van der Waals surface area contributed by atoms with E-state index in [1.54, 1.807) is 18.2 Å². The van der Waals surface area contributed by atoms with Gasteiger partial charge in [-0.25, -0.2) is 0 Å². The molecular weight excluding hydrogens is 286 g/mol. The standard InChI is InChI=1S/C17H17NO2.ClH/c1-12(17(18)20-2)14-9-6-10-15(11-14)16(19)13-7-4-3-5-8-13;/h3-12,18H,1-2H3;1H. The topological polar surface area (TPSA) is 50.1 Å². The first kappa shape index (κ1) is 16.9. The molecule has 1 atom stereocenters. The zero-order chi connectivity index (χ0) is 14.5. The van der Waals surface area contributed by atoms with Gasteiger partial charge in [-0.15, -0.1) is 12.4 Å². The highest BCUT2D eigenvalue weighted by atomic mass is 35.5. The van der Waals surface area contributed by atoms with E-state index in [1.807, 2.05) is 43.3 Å². The minimum Gasteiger partial charge on any atom is -0.484 e. The smallest absolute Gasteiger partial charge is 0.193 e. The summed E-state index contributed by atoms with van der Waals surface area (Å²) in [4.78, 5) is 12.4. The summed E-state index contributed by atoms with van der Waals surface area (Å²) < 4.78 is 4.95. The second-order valence-corrected chi connectivity index (χ2v) is 4.61. The van der Waals surface area contributed by atoms with Crippen molar-refractivity contribution in [3.8, 4) is 0 Å². The third-order valence-corrected chi connectivity index (χ3v) is 3.30. The Labute approximate surface area is 130 Å². The molecule has 0 bridgehead atoms.